The van der Waals surface area contributed by atoms with Crippen LogP contribution in [0, 0.1) is 0 Å². The van der Waals surface area contributed by atoms with Gasteiger partial charge in [0.2, 0.25) is 5.95 Å². The van der Waals surface area contributed by atoms with Crippen molar-refractivity contribution in [2.45, 2.75) is 18.9 Å². The summed E-state index contributed by atoms with van der Waals surface area (Å²) in [5.74, 6) is -0.517. The Labute approximate surface area is 104 Å². The summed E-state index contributed by atoms with van der Waals surface area (Å²) < 4.78 is 12.3. The van der Waals surface area contributed by atoms with Crippen molar-refractivity contribution in [3.05, 3.63) is 11.9 Å². The first-order valence-corrected chi connectivity index (χ1v) is 6.96. The van der Waals surface area contributed by atoms with E-state index >= 15 is 0 Å². The van der Waals surface area contributed by atoms with Crippen LogP contribution in [0.15, 0.2) is 6.20 Å². The van der Waals surface area contributed by atoms with E-state index in [9.17, 15) is 9.36 Å². The highest BCUT2D eigenvalue weighted by molar-refractivity contribution is 7.35. The number of carboxylic acid groups (broad SMARTS) is 1. The lowest BCUT2D eigenvalue weighted by Gasteiger charge is -2.25. The van der Waals surface area contributed by atoms with Gasteiger partial charge in [-0.1, -0.05) is 0 Å². The monoisotopic (exact) mass is 274 g/mol. The maximum atomic E-state index is 10.8. The number of hydrogen-bond acceptors (Lipinski definition) is 4. The van der Waals surface area contributed by atoms with Crippen LogP contribution in [0.4, 0.5) is 5.95 Å². The maximum Gasteiger partial charge on any atom is 0.356 e. The smallest absolute Gasteiger partial charge is 0.356 e. The summed E-state index contributed by atoms with van der Waals surface area (Å²) in [6.07, 6.45) is 2.98. The van der Waals surface area contributed by atoms with Gasteiger partial charge < -0.3 is 19.9 Å². The standard InChI is InChI=1S/C9H15N4O4P/c14-8(15)7-5-13-6(2-4-11-18(16)17)1-3-10-9(13)12-7/h5-6,18H,1-4H2,(H,10,12)(H,14,15)(H2,11,16,17). The molecule has 2 heterocycles. The summed E-state index contributed by atoms with van der Waals surface area (Å²) in [7, 11) is -2.65. The highest BCUT2D eigenvalue weighted by atomic mass is 31.1. The lowest BCUT2D eigenvalue weighted by molar-refractivity contribution is 0.0691. The van der Waals surface area contributed by atoms with Crippen LogP contribution < -0.4 is 10.4 Å². The summed E-state index contributed by atoms with van der Waals surface area (Å²) in [5, 5.41) is 14.4. The molecular formula is C9H15N4O4P. The van der Waals surface area contributed by atoms with E-state index in [4.69, 9.17) is 10.00 Å². The number of aromatic nitrogens is 2. The molecule has 0 aromatic carbocycles. The molecule has 0 radical (unpaired) electrons. The Kier molecular flexibility index (Phi) is 4.00. The van der Waals surface area contributed by atoms with Gasteiger partial charge in [-0.3, -0.25) is 4.57 Å². The normalized spacial score (nSPS) is 19.9. The van der Waals surface area contributed by atoms with Crippen LogP contribution in [0.1, 0.15) is 29.4 Å². The number of nitrogens with zero attached hydrogens (tertiary/aromatic N) is 2. The predicted molar refractivity (Wildman–Crippen MR) is 65.2 cm³/mol. The van der Waals surface area contributed by atoms with Gasteiger partial charge in [-0.25, -0.2) is 14.9 Å². The van der Waals surface area contributed by atoms with E-state index in [1.54, 1.807) is 4.57 Å². The number of carbonyl (C=O) groups is 1. The Morgan fingerprint density at radius 2 is 2.50 bits per heavy atom. The second-order valence-corrected chi connectivity index (χ2v) is 5.02. The fourth-order valence-electron chi connectivity index (χ4n) is 2.02. The SMILES string of the molecule is O=C(O)c1cn2c(n1)NCCC2CCN[PH](=O)O. The minimum Gasteiger partial charge on any atom is -0.476 e. The van der Waals surface area contributed by atoms with Gasteiger partial charge in [-0.05, 0) is 12.8 Å². The third kappa shape index (κ3) is 2.90. The Morgan fingerprint density at radius 3 is 3.17 bits per heavy atom. The van der Waals surface area contributed by atoms with Gasteiger partial charge in [0, 0.05) is 25.3 Å². The minimum absolute atomic E-state index is 0.00749. The van der Waals surface area contributed by atoms with Gasteiger partial charge in [0.05, 0.1) is 0 Å². The molecule has 0 saturated carbocycles. The van der Waals surface area contributed by atoms with Gasteiger partial charge in [0.15, 0.2) is 5.69 Å². The van der Waals surface area contributed by atoms with E-state index < -0.39 is 14.1 Å². The average Bonchev–Trinajstić information content (AvgIpc) is 2.73. The molecule has 2 atom stereocenters. The topological polar surface area (TPSA) is 116 Å². The molecule has 2 rings (SSSR count). The fourth-order valence-corrected chi connectivity index (χ4v) is 2.38. The molecule has 0 saturated heterocycles. The zero-order valence-electron chi connectivity index (χ0n) is 9.59. The molecule has 2 unspecified atom stereocenters. The first-order valence-electron chi connectivity index (χ1n) is 5.60. The zero-order chi connectivity index (χ0) is 13.1. The molecule has 100 valence electrons. The third-order valence-electron chi connectivity index (χ3n) is 2.86. The molecule has 4 N–H and O–H groups in total. The number of hydrogen-bond donors (Lipinski definition) is 4. The van der Waals surface area contributed by atoms with Crippen molar-refractivity contribution >= 4 is 20.1 Å². The van der Waals surface area contributed by atoms with E-state index in [0.717, 1.165) is 13.0 Å². The molecule has 1 aromatic heterocycles. The van der Waals surface area contributed by atoms with E-state index in [1.807, 2.05) is 0 Å². The summed E-state index contributed by atoms with van der Waals surface area (Å²) in [6.45, 7) is 1.13. The lowest BCUT2D eigenvalue weighted by atomic mass is 10.1. The van der Waals surface area contributed by atoms with Crippen LogP contribution in [0.3, 0.4) is 0 Å². The number of nitrogens with one attached hydrogen (secondary N) is 2. The van der Waals surface area contributed by atoms with Crippen molar-refractivity contribution < 1.29 is 19.4 Å². The first kappa shape index (κ1) is 13.1. The largest absolute Gasteiger partial charge is 0.476 e. The second-order valence-electron chi connectivity index (χ2n) is 4.05. The van der Waals surface area contributed by atoms with Gasteiger partial charge in [-0.2, -0.15) is 0 Å². The Bertz CT molecular complexity index is 475. The van der Waals surface area contributed by atoms with Crippen molar-refractivity contribution in [3.63, 3.8) is 0 Å². The third-order valence-corrected chi connectivity index (χ3v) is 3.41. The van der Waals surface area contributed by atoms with E-state index in [2.05, 4.69) is 15.4 Å². The average molecular weight is 274 g/mol. The molecular weight excluding hydrogens is 259 g/mol. The van der Waals surface area contributed by atoms with Crippen molar-refractivity contribution in [1.29, 1.82) is 0 Å². The molecule has 1 aliphatic heterocycles. The molecule has 0 bridgehead atoms. The van der Waals surface area contributed by atoms with Gasteiger partial charge >= 0.3 is 5.97 Å². The quantitative estimate of drug-likeness (QED) is 0.570. The second kappa shape index (κ2) is 5.51. The van der Waals surface area contributed by atoms with E-state index in [1.165, 1.54) is 6.20 Å². The highest BCUT2D eigenvalue weighted by Gasteiger charge is 2.22. The molecule has 9 heteroatoms. The molecule has 0 aliphatic carbocycles. The van der Waals surface area contributed by atoms with Gasteiger partial charge in [0.1, 0.15) is 0 Å². The van der Waals surface area contributed by atoms with Crippen molar-refractivity contribution in [1.82, 2.24) is 14.6 Å². The molecule has 1 aliphatic rings. The molecule has 1 aromatic rings. The van der Waals surface area contributed by atoms with Crippen molar-refractivity contribution in [2.75, 3.05) is 18.4 Å². The number of anilines is 1. The highest BCUT2D eigenvalue weighted by Crippen LogP contribution is 2.26. The summed E-state index contributed by atoms with van der Waals surface area (Å²) in [4.78, 5) is 23.5. The van der Waals surface area contributed by atoms with Crippen molar-refractivity contribution in [3.8, 4) is 0 Å². The fraction of sp³-hybridized carbons (Fsp3) is 0.556. The molecule has 18 heavy (non-hydrogen) atoms. The van der Waals surface area contributed by atoms with Crippen LogP contribution in [0.2, 0.25) is 0 Å². The first-order chi connectivity index (χ1) is 8.58. The maximum absolute atomic E-state index is 10.8. The van der Waals surface area contributed by atoms with E-state index in [0.29, 0.717) is 18.9 Å². The number of aromatic carboxylic acids is 1. The molecule has 8 nitrogen and oxygen atoms in total. The number of carboxylic acids is 1. The number of fused-ring (bicyclic) bond motifs is 1. The van der Waals surface area contributed by atoms with Gasteiger partial charge in [0.25, 0.3) is 8.18 Å². The van der Waals surface area contributed by atoms with Gasteiger partial charge in [-0.15, -0.1) is 0 Å². The molecule has 0 fully saturated rings. The minimum atomic E-state index is -2.65. The number of rotatable bonds is 5. The van der Waals surface area contributed by atoms with Crippen LogP contribution in [0.25, 0.3) is 0 Å². The van der Waals surface area contributed by atoms with Crippen LogP contribution >= 0.6 is 8.18 Å². The Balaban J connectivity index is 2.07. The number of imidazole rings is 1. The lowest BCUT2D eigenvalue weighted by Crippen LogP contribution is -2.24. The summed E-state index contributed by atoms with van der Waals surface area (Å²) in [5.41, 5.74) is 0.00749. The Hall–Kier alpha value is -1.37. The van der Waals surface area contributed by atoms with E-state index in [-0.39, 0.29) is 11.7 Å². The predicted octanol–water partition coefficient (Wildman–Crippen LogP) is 0.300. The zero-order valence-corrected chi connectivity index (χ0v) is 10.6. The molecule has 0 spiro atoms. The summed E-state index contributed by atoms with van der Waals surface area (Å²) in [6, 6.07) is 0.0932. The Morgan fingerprint density at radius 1 is 1.72 bits per heavy atom. The van der Waals surface area contributed by atoms with Crippen LogP contribution in [-0.4, -0.2) is 38.6 Å². The summed E-state index contributed by atoms with van der Waals surface area (Å²) >= 11 is 0. The van der Waals surface area contributed by atoms with Crippen molar-refractivity contribution in [2.24, 2.45) is 0 Å². The molecule has 0 amide bonds. The van der Waals surface area contributed by atoms with Crippen LogP contribution in [0.5, 0.6) is 0 Å². The van der Waals surface area contributed by atoms with Crippen LogP contribution in [-0.2, 0) is 4.57 Å².